The van der Waals surface area contributed by atoms with E-state index < -0.39 is 0 Å². The van der Waals surface area contributed by atoms with Crippen molar-refractivity contribution in [3.8, 4) is 17.3 Å². The number of H-pyrrole nitrogens is 1. The van der Waals surface area contributed by atoms with Gasteiger partial charge in [0.25, 0.3) is 5.56 Å². The van der Waals surface area contributed by atoms with Gasteiger partial charge < -0.3 is 4.98 Å². The Morgan fingerprint density at radius 3 is 2.88 bits per heavy atom. The third-order valence-corrected chi connectivity index (χ3v) is 3.16. The molecule has 1 aliphatic rings. The van der Waals surface area contributed by atoms with Gasteiger partial charge in [-0.15, -0.1) is 0 Å². The molecule has 0 amide bonds. The maximum absolute atomic E-state index is 11.6. The lowest BCUT2D eigenvalue weighted by Gasteiger charge is -2.02. The molecular weight excluding hydrogens is 212 g/mol. The van der Waals surface area contributed by atoms with Crippen LogP contribution in [-0.4, -0.2) is 4.98 Å². The number of hydrogen-bond acceptors (Lipinski definition) is 2. The van der Waals surface area contributed by atoms with Crippen LogP contribution < -0.4 is 5.56 Å². The molecule has 3 rings (SSSR count). The van der Waals surface area contributed by atoms with Crippen LogP contribution in [0.1, 0.15) is 22.3 Å². The average molecular weight is 222 g/mol. The number of aromatic amines is 1. The summed E-state index contributed by atoms with van der Waals surface area (Å²) in [4.78, 5) is 14.4. The molecule has 0 unspecified atom stereocenters. The summed E-state index contributed by atoms with van der Waals surface area (Å²) in [5.41, 5.74) is 5.24. The Labute approximate surface area is 98.4 Å². The van der Waals surface area contributed by atoms with Crippen LogP contribution in [0.2, 0.25) is 0 Å². The van der Waals surface area contributed by atoms with Crippen molar-refractivity contribution < 1.29 is 0 Å². The first-order valence-corrected chi connectivity index (χ1v) is 5.45. The fourth-order valence-electron chi connectivity index (χ4n) is 2.32. The minimum Gasteiger partial charge on any atom is -0.321 e. The van der Waals surface area contributed by atoms with Gasteiger partial charge in [-0.25, -0.2) is 0 Å². The quantitative estimate of drug-likeness (QED) is 0.633. The lowest BCUT2D eigenvalue weighted by molar-refractivity contribution is 1.17. The maximum atomic E-state index is 11.6. The molecule has 1 aromatic carbocycles. The van der Waals surface area contributed by atoms with Gasteiger partial charge in [0.2, 0.25) is 0 Å². The highest BCUT2D eigenvalue weighted by Gasteiger charge is 2.20. The minimum absolute atomic E-state index is 0.188. The molecule has 0 aliphatic heterocycles. The molecule has 82 valence electrons. The van der Waals surface area contributed by atoms with E-state index in [2.05, 4.69) is 23.2 Å². The van der Waals surface area contributed by atoms with Gasteiger partial charge in [0, 0.05) is 12.0 Å². The van der Waals surface area contributed by atoms with Crippen LogP contribution >= 0.6 is 0 Å². The first-order valence-electron chi connectivity index (χ1n) is 5.45. The van der Waals surface area contributed by atoms with Crippen LogP contribution in [0, 0.1) is 18.3 Å². The highest BCUT2D eigenvalue weighted by atomic mass is 16.1. The lowest BCUT2D eigenvalue weighted by Crippen LogP contribution is -2.11. The summed E-state index contributed by atoms with van der Waals surface area (Å²) in [5, 5.41) is 8.84. The second kappa shape index (κ2) is 3.33. The molecule has 1 aliphatic carbocycles. The monoisotopic (exact) mass is 222 g/mol. The van der Waals surface area contributed by atoms with Gasteiger partial charge in [-0.2, -0.15) is 5.26 Å². The number of hydrogen-bond donors (Lipinski definition) is 1. The van der Waals surface area contributed by atoms with Gasteiger partial charge in [0.05, 0.1) is 5.69 Å². The fraction of sp³-hybridized carbons (Fsp3) is 0.143. The van der Waals surface area contributed by atoms with Crippen molar-refractivity contribution in [2.45, 2.75) is 13.3 Å². The van der Waals surface area contributed by atoms with Gasteiger partial charge in [-0.05, 0) is 30.2 Å². The molecular formula is C14H10N2O. The molecule has 1 heterocycles. The maximum Gasteiger partial charge on any atom is 0.266 e. The van der Waals surface area contributed by atoms with Crippen LogP contribution in [0.3, 0.4) is 0 Å². The van der Waals surface area contributed by atoms with Crippen LogP contribution in [0.15, 0.2) is 29.1 Å². The first-order chi connectivity index (χ1) is 8.19. The van der Waals surface area contributed by atoms with Crippen LogP contribution in [0.25, 0.3) is 11.3 Å². The fourth-order valence-corrected chi connectivity index (χ4v) is 2.32. The molecule has 0 spiro atoms. The molecule has 2 aromatic rings. The Kier molecular flexibility index (Phi) is 1.93. The van der Waals surface area contributed by atoms with E-state index >= 15 is 0 Å². The number of fused-ring (bicyclic) bond motifs is 3. The molecule has 0 fully saturated rings. The summed E-state index contributed by atoms with van der Waals surface area (Å²) in [6, 6.07) is 9.83. The van der Waals surface area contributed by atoms with Crippen molar-refractivity contribution >= 4 is 0 Å². The Morgan fingerprint density at radius 2 is 2.12 bits per heavy atom. The van der Waals surface area contributed by atoms with Gasteiger partial charge in [-0.1, -0.05) is 17.7 Å². The van der Waals surface area contributed by atoms with Crippen molar-refractivity contribution in [1.82, 2.24) is 4.98 Å². The van der Waals surface area contributed by atoms with E-state index in [1.807, 2.05) is 13.0 Å². The highest BCUT2D eigenvalue weighted by molar-refractivity contribution is 5.74. The summed E-state index contributed by atoms with van der Waals surface area (Å²) < 4.78 is 0. The molecule has 1 N–H and O–H groups in total. The minimum atomic E-state index is -0.305. The zero-order chi connectivity index (χ0) is 12.0. The van der Waals surface area contributed by atoms with E-state index in [4.69, 9.17) is 5.26 Å². The van der Waals surface area contributed by atoms with Crippen molar-refractivity contribution in [1.29, 1.82) is 5.26 Å². The molecule has 3 heteroatoms. The van der Waals surface area contributed by atoms with E-state index in [0.717, 1.165) is 23.2 Å². The van der Waals surface area contributed by atoms with Gasteiger partial charge >= 0.3 is 0 Å². The molecule has 0 saturated carbocycles. The smallest absolute Gasteiger partial charge is 0.266 e. The van der Waals surface area contributed by atoms with Crippen molar-refractivity contribution in [2.75, 3.05) is 0 Å². The van der Waals surface area contributed by atoms with Crippen LogP contribution in [0.4, 0.5) is 0 Å². The Hall–Kier alpha value is -2.34. The molecule has 0 bridgehead atoms. The zero-order valence-corrected chi connectivity index (χ0v) is 9.37. The van der Waals surface area contributed by atoms with E-state index in [9.17, 15) is 4.79 Å². The second-order valence-electron chi connectivity index (χ2n) is 4.36. The molecule has 0 atom stereocenters. The van der Waals surface area contributed by atoms with E-state index in [1.54, 1.807) is 6.07 Å². The number of nitrogens with zero attached hydrogens (tertiary/aromatic N) is 1. The average Bonchev–Trinajstić information content (AvgIpc) is 2.65. The number of aryl methyl sites for hydroxylation is 1. The van der Waals surface area contributed by atoms with E-state index in [1.165, 1.54) is 11.1 Å². The number of aromatic nitrogens is 1. The van der Waals surface area contributed by atoms with E-state index in [-0.39, 0.29) is 11.1 Å². The third kappa shape index (κ3) is 1.38. The van der Waals surface area contributed by atoms with Crippen molar-refractivity contribution in [3.63, 3.8) is 0 Å². The van der Waals surface area contributed by atoms with Gasteiger partial charge in [0.1, 0.15) is 11.6 Å². The summed E-state index contributed by atoms with van der Waals surface area (Å²) in [7, 11) is 0. The molecule has 0 saturated heterocycles. The lowest BCUT2D eigenvalue weighted by atomic mass is 10.1. The highest BCUT2D eigenvalue weighted by Crippen LogP contribution is 2.34. The topological polar surface area (TPSA) is 56.6 Å². The molecule has 0 radical (unpaired) electrons. The predicted octanol–water partition coefficient (Wildman–Crippen LogP) is 2.13. The molecule has 17 heavy (non-hydrogen) atoms. The van der Waals surface area contributed by atoms with Crippen LogP contribution in [-0.2, 0) is 6.42 Å². The Morgan fingerprint density at radius 1 is 1.29 bits per heavy atom. The van der Waals surface area contributed by atoms with Gasteiger partial charge in [0.15, 0.2) is 0 Å². The summed E-state index contributed by atoms with van der Waals surface area (Å²) in [5.74, 6) is 0. The van der Waals surface area contributed by atoms with E-state index in [0.29, 0.717) is 0 Å². The van der Waals surface area contributed by atoms with Crippen molar-refractivity contribution in [3.05, 3.63) is 56.9 Å². The Balaban J connectivity index is 2.30. The number of rotatable bonds is 0. The molecule has 3 nitrogen and oxygen atoms in total. The summed E-state index contributed by atoms with van der Waals surface area (Å²) in [6.45, 7) is 2.03. The number of benzene rings is 1. The third-order valence-electron chi connectivity index (χ3n) is 3.16. The second-order valence-corrected chi connectivity index (χ2v) is 4.36. The standard InChI is InChI=1S/C14H10N2O/c1-8-2-3-9-5-10-6-11(7-15)14(17)16-13(10)12(9)4-8/h2-4,6H,5H2,1H3,(H,16,17). The normalized spacial score (nSPS) is 11.8. The number of nitrogens with one attached hydrogen (secondary N) is 1. The Bertz CT molecular complexity index is 720. The predicted molar refractivity (Wildman–Crippen MR) is 64.8 cm³/mol. The van der Waals surface area contributed by atoms with Crippen molar-refractivity contribution in [2.24, 2.45) is 0 Å². The summed E-state index contributed by atoms with van der Waals surface area (Å²) in [6.07, 6.45) is 0.788. The van der Waals surface area contributed by atoms with Crippen LogP contribution in [0.5, 0.6) is 0 Å². The summed E-state index contributed by atoms with van der Waals surface area (Å²) >= 11 is 0. The number of nitriles is 1. The SMILES string of the molecule is Cc1ccc2c(c1)-c1[nH]c(=O)c(C#N)cc1C2. The zero-order valence-electron chi connectivity index (χ0n) is 9.37. The first kappa shape index (κ1) is 9.86. The van der Waals surface area contributed by atoms with Gasteiger partial charge in [-0.3, -0.25) is 4.79 Å². The largest absolute Gasteiger partial charge is 0.321 e. The number of pyridine rings is 1. The molecule has 1 aromatic heterocycles.